The molecule has 0 nitrogen and oxygen atoms in total. The van der Waals surface area contributed by atoms with Crippen LogP contribution < -0.4 is 0 Å². The maximum Gasteiger partial charge on any atom is 0.126 e. The van der Waals surface area contributed by atoms with Crippen LogP contribution in [0.4, 0.5) is 8.78 Å². The van der Waals surface area contributed by atoms with E-state index in [0.29, 0.717) is 12.0 Å². The molecule has 6 rings (SSSR count). The largest absolute Gasteiger partial charge is 0.207 e. The Kier molecular flexibility index (Phi) is 9.47. The fourth-order valence-electron chi connectivity index (χ4n) is 7.16. The van der Waals surface area contributed by atoms with Crippen LogP contribution >= 0.6 is 0 Å². The Hall–Kier alpha value is -4.82. The van der Waals surface area contributed by atoms with Gasteiger partial charge in [-0.2, -0.15) is 0 Å². The highest BCUT2D eigenvalue weighted by Crippen LogP contribution is 2.37. The first kappa shape index (κ1) is 33.1. The Morgan fingerprint density at radius 2 is 0.896 bits per heavy atom. The maximum atomic E-state index is 14.2. The van der Waals surface area contributed by atoms with Gasteiger partial charge in [-0.1, -0.05) is 106 Å². The highest BCUT2D eigenvalue weighted by Gasteiger charge is 2.16. The summed E-state index contributed by atoms with van der Waals surface area (Å²) in [5.41, 5.74) is 18.3. The predicted molar refractivity (Wildman–Crippen MR) is 200 cm³/mol. The number of aryl methyl sites for hydroxylation is 2. The van der Waals surface area contributed by atoms with E-state index in [9.17, 15) is 8.78 Å². The van der Waals surface area contributed by atoms with Gasteiger partial charge >= 0.3 is 0 Å². The lowest BCUT2D eigenvalue weighted by molar-refractivity contribution is 0.612. The average Bonchev–Trinajstić information content (AvgIpc) is 3.10. The van der Waals surface area contributed by atoms with Crippen molar-refractivity contribution in [2.75, 3.05) is 0 Å². The zero-order chi connectivity index (χ0) is 34.1. The molecule has 0 amide bonds. The first-order valence-electron chi connectivity index (χ1n) is 17.1. The van der Waals surface area contributed by atoms with Gasteiger partial charge in [0.2, 0.25) is 0 Å². The second-order valence-electron chi connectivity index (χ2n) is 13.1. The molecule has 0 fully saturated rings. The second-order valence-corrected chi connectivity index (χ2v) is 13.1. The zero-order valence-corrected chi connectivity index (χ0v) is 29.1. The van der Waals surface area contributed by atoms with Gasteiger partial charge in [-0.05, 0) is 154 Å². The van der Waals surface area contributed by atoms with Crippen LogP contribution in [0.3, 0.4) is 0 Å². The second kappa shape index (κ2) is 13.7. The first-order chi connectivity index (χ1) is 23.1. The van der Waals surface area contributed by atoms with Crippen molar-refractivity contribution in [3.8, 4) is 44.5 Å². The van der Waals surface area contributed by atoms with Crippen molar-refractivity contribution in [1.82, 2.24) is 0 Å². The standard InChI is InChI=1S/C46H44F2/c1-8-33-27-39(19-25-46(33)48)44-23-22-43(32(7)40(44)9-2)37-16-12-35(13-17-37)31(6)34-10-14-36(15-11-34)41-20-21-42(30(5)29(41)4)38-18-24-45(47)28(3)26-38/h10-27,31H,8-9H2,1-7H3. The fourth-order valence-corrected chi connectivity index (χ4v) is 7.16. The van der Waals surface area contributed by atoms with Crippen LogP contribution in [0.2, 0.25) is 0 Å². The van der Waals surface area contributed by atoms with Crippen molar-refractivity contribution >= 4 is 0 Å². The van der Waals surface area contributed by atoms with Crippen LogP contribution in [0.25, 0.3) is 44.5 Å². The number of hydrogen-bond donors (Lipinski definition) is 0. The summed E-state index contributed by atoms with van der Waals surface area (Å²) in [6, 6.07) is 37.5. The quantitative estimate of drug-likeness (QED) is 0.156. The SMILES string of the molecule is CCc1cc(-c2ccc(-c3ccc(C(C)c4ccc(-c5ccc(-c6ccc(F)c(C)c6)c(C)c5C)cc4)cc3)c(C)c2CC)ccc1F. The van der Waals surface area contributed by atoms with Gasteiger partial charge in [0.25, 0.3) is 0 Å². The molecule has 0 bridgehead atoms. The molecule has 48 heavy (non-hydrogen) atoms. The van der Waals surface area contributed by atoms with Crippen LogP contribution in [-0.4, -0.2) is 0 Å². The molecule has 0 saturated heterocycles. The number of benzene rings is 6. The van der Waals surface area contributed by atoms with Crippen LogP contribution in [-0.2, 0) is 12.8 Å². The Morgan fingerprint density at radius 1 is 0.458 bits per heavy atom. The van der Waals surface area contributed by atoms with Gasteiger partial charge in [-0.3, -0.25) is 0 Å². The average molecular weight is 635 g/mol. The monoisotopic (exact) mass is 634 g/mol. The third-order valence-corrected chi connectivity index (χ3v) is 10.4. The Balaban J connectivity index is 1.22. The molecule has 1 unspecified atom stereocenters. The third kappa shape index (κ3) is 6.24. The Labute approximate surface area is 285 Å². The Bertz CT molecular complexity index is 2100. The van der Waals surface area contributed by atoms with Gasteiger partial charge in [0, 0.05) is 5.92 Å². The van der Waals surface area contributed by atoms with Gasteiger partial charge in [0.1, 0.15) is 11.6 Å². The highest BCUT2D eigenvalue weighted by atomic mass is 19.1. The van der Waals surface area contributed by atoms with Crippen LogP contribution in [0.1, 0.15) is 71.2 Å². The zero-order valence-electron chi connectivity index (χ0n) is 29.1. The summed E-state index contributed by atoms with van der Waals surface area (Å²) in [7, 11) is 0. The highest BCUT2D eigenvalue weighted by molar-refractivity contribution is 5.79. The number of halogens is 2. The topological polar surface area (TPSA) is 0 Å². The van der Waals surface area contributed by atoms with Crippen LogP contribution in [0, 0.1) is 39.3 Å². The molecule has 0 saturated carbocycles. The molecule has 0 aliphatic rings. The van der Waals surface area contributed by atoms with Gasteiger partial charge in [-0.25, -0.2) is 8.78 Å². The summed E-state index contributed by atoms with van der Waals surface area (Å²) in [5, 5.41) is 0. The molecule has 0 aliphatic carbocycles. The molecule has 6 aromatic rings. The van der Waals surface area contributed by atoms with E-state index < -0.39 is 0 Å². The van der Waals surface area contributed by atoms with Crippen LogP contribution in [0.15, 0.2) is 109 Å². The summed E-state index contributed by atoms with van der Waals surface area (Å²) in [5.74, 6) is -0.0521. The number of rotatable bonds is 8. The molecule has 0 radical (unpaired) electrons. The lowest BCUT2D eigenvalue weighted by atomic mass is 9.86. The smallest absolute Gasteiger partial charge is 0.126 e. The van der Waals surface area contributed by atoms with Gasteiger partial charge in [0.15, 0.2) is 0 Å². The summed E-state index contributed by atoms with van der Waals surface area (Å²) in [6.07, 6.45) is 1.59. The maximum absolute atomic E-state index is 14.2. The summed E-state index contributed by atoms with van der Waals surface area (Å²) >= 11 is 0. The molecular formula is C46H44F2. The van der Waals surface area contributed by atoms with E-state index in [-0.39, 0.29) is 17.6 Å². The lowest BCUT2D eigenvalue weighted by Gasteiger charge is -2.18. The molecule has 6 aromatic carbocycles. The summed E-state index contributed by atoms with van der Waals surface area (Å²) in [4.78, 5) is 0. The third-order valence-electron chi connectivity index (χ3n) is 10.4. The van der Waals surface area contributed by atoms with Crippen molar-refractivity contribution in [3.05, 3.63) is 165 Å². The van der Waals surface area contributed by atoms with Crippen molar-refractivity contribution in [1.29, 1.82) is 0 Å². The molecule has 242 valence electrons. The lowest BCUT2D eigenvalue weighted by Crippen LogP contribution is -1.98. The molecular weight excluding hydrogens is 591 g/mol. The molecule has 0 aromatic heterocycles. The minimum atomic E-state index is -0.171. The van der Waals surface area contributed by atoms with E-state index in [2.05, 4.69) is 107 Å². The summed E-state index contributed by atoms with van der Waals surface area (Å²) in [6.45, 7) is 14.8. The van der Waals surface area contributed by atoms with Gasteiger partial charge in [0.05, 0.1) is 0 Å². The minimum absolute atomic E-state index is 0.132. The van der Waals surface area contributed by atoms with E-state index in [4.69, 9.17) is 0 Å². The first-order valence-corrected chi connectivity index (χ1v) is 17.1. The molecule has 2 heteroatoms. The van der Waals surface area contributed by atoms with Crippen molar-refractivity contribution in [2.24, 2.45) is 0 Å². The molecule has 0 N–H and O–H groups in total. The van der Waals surface area contributed by atoms with E-state index in [1.807, 2.05) is 38.1 Å². The normalized spacial score (nSPS) is 11.9. The van der Waals surface area contributed by atoms with E-state index in [1.54, 1.807) is 12.1 Å². The van der Waals surface area contributed by atoms with Gasteiger partial charge < -0.3 is 0 Å². The number of hydrogen-bond acceptors (Lipinski definition) is 0. The van der Waals surface area contributed by atoms with Crippen molar-refractivity contribution in [2.45, 2.75) is 67.2 Å². The predicted octanol–water partition coefficient (Wildman–Crippen LogP) is 13.1. The van der Waals surface area contributed by atoms with E-state index >= 15 is 0 Å². The minimum Gasteiger partial charge on any atom is -0.207 e. The molecule has 1 atom stereocenters. The van der Waals surface area contributed by atoms with E-state index in [0.717, 1.165) is 28.7 Å². The molecule has 0 heterocycles. The molecule has 0 spiro atoms. The van der Waals surface area contributed by atoms with E-state index in [1.165, 1.54) is 61.2 Å². The van der Waals surface area contributed by atoms with Crippen LogP contribution in [0.5, 0.6) is 0 Å². The van der Waals surface area contributed by atoms with Gasteiger partial charge in [-0.15, -0.1) is 0 Å². The fraction of sp³-hybridized carbons (Fsp3) is 0.217. The van der Waals surface area contributed by atoms with Crippen molar-refractivity contribution in [3.63, 3.8) is 0 Å². The van der Waals surface area contributed by atoms with Crippen molar-refractivity contribution < 1.29 is 8.78 Å². The summed E-state index contributed by atoms with van der Waals surface area (Å²) < 4.78 is 28.1. The molecule has 0 aliphatic heterocycles. The Morgan fingerprint density at radius 3 is 1.40 bits per heavy atom.